The van der Waals surface area contributed by atoms with Crippen molar-refractivity contribution in [3.8, 4) is 11.5 Å². The lowest BCUT2D eigenvalue weighted by Gasteiger charge is -2.17. The Kier molecular flexibility index (Phi) is 5.04. The van der Waals surface area contributed by atoms with Crippen molar-refractivity contribution >= 4 is 11.6 Å². The lowest BCUT2D eigenvalue weighted by molar-refractivity contribution is 0.102. The molecule has 1 amide bonds. The van der Waals surface area contributed by atoms with Crippen LogP contribution < -0.4 is 14.8 Å². The van der Waals surface area contributed by atoms with Gasteiger partial charge in [0.05, 0.1) is 13.2 Å². The second-order valence-electron chi connectivity index (χ2n) is 6.21. The number of carbonyl (C=O) groups excluding carboxylic acids is 1. The minimum absolute atomic E-state index is 0.132. The number of hydrogen-bond acceptors (Lipinski definition) is 3. The van der Waals surface area contributed by atoms with Gasteiger partial charge in [-0.3, -0.25) is 4.79 Å². The molecule has 0 aliphatic heterocycles. The van der Waals surface area contributed by atoms with Crippen LogP contribution in [0.1, 0.15) is 41.6 Å². The number of amides is 1. The summed E-state index contributed by atoms with van der Waals surface area (Å²) in [5.74, 6) is 1.24. The Labute approximate surface area is 142 Å². The van der Waals surface area contributed by atoms with E-state index >= 15 is 0 Å². The molecule has 0 bridgehead atoms. The summed E-state index contributed by atoms with van der Waals surface area (Å²) < 4.78 is 11.4. The van der Waals surface area contributed by atoms with Crippen molar-refractivity contribution in [2.75, 3.05) is 12.4 Å². The number of carbonyl (C=O) groups is 1. The molecule has 2 aromatic carbocycles. The molecule has 3 rings (SSSR count). The third kappa shape index (κ3) is 3.88. The topological polar surface area (TPSA) is 47.6 Å². The molecule has 1 N–H and O–H groups in total. The van der Waals surface area contributed by atoms with Crippen molar-refractivity contribution in [1.82, 2.24) is 0 Å². The first-order valence-corrected chi connectivity index (χ1v) is 8.38. The van der Waals surface area contributed by atoms with Crippen LogP contribution in [0.2, 0.25) is 0 Å². The monoisotopic (exact) mass is 325 g/mol. The molecular formula is C20H23NO3. The van der Waals surface area contributed by atoms with Crippen LogP contribution in [-0.4, -0.2) is 19.1 Å². The Morgan fingerprint density at radius 2 is 1.75 bits per heavy atom. The highest BCUT2D eigenvalue weighted by Crippen LogP contribution is 2.34. The van der Waals surface area contributed by atoms with E-state index in [-0.39, 0.29) is 12.0 Å². The molecule has 0 atom stereocenters. The van der Waals surface area contributed by atoms with Gasteiger partial charge in [0, 0.05) is 17.3 Å². The zero-order chi connectivity index (χ0) is 16.9. The third-order valence-corrected chi connectivity index (χ3v) is 4.33. The predicted octanol–water partition coefficient (Wildman–Crippen LogP) is 4.58. The van der Waals surface area contributed by atoms with E-state index in [9.17, 15) is 4.79 Å². The zero-order valence-electron chi connectivity index (χ0n) is 14.2. The number of methoxy groups -OCH3 is 1. The fourth-order valence-electron chi connectivity index (χ4n) is 2.94. The van der Waals surface area contributed by atoms with Crippen LogP contribution in [0.3, 0.4) is 0 Å². The first kappa shape index (κ1) is 16.4. The largest absolute Gasteiger partial charge is 0.493 e. The molecule has 1 aliphatic rings. The molecule has 2 aromatic rings. The van der Waals surface area contributed by atoms with Crippen LogP contribution >= 0.6 is 0 Å². The summed E-state index contributed by atoms with van der Waals surface area (Å²) in [5.41, 5.74) is 2.47. The number of hydrogen-bond donors (Lipinski definition) is 1. The molecule has 1 fully saturated rings. The van der Waals surface area contributed by atoms with E-state index in [2.05, 4.69) is 5.32 Å². The molecular weight excluding hydrogens is 302 g/mol. The minimum atomic E-state index is -0.132. The summed E-state index contributed by atoms with van der Waals surface area (Å²) in [4.78, 5) is 12.4. The van der Waals surface area contributed by atoms with Crippen LogP contribution in [0.4, 0.5) is 5.69 Å². The van der Waals surface area contributed by atoms with E-state index in [1.165, 1.54) is 12.8 Å². The maximum atomic E-state index is 12.4. The van der Waals surface area contributed by atoms with Gasteiger partial charge in [-0.15, -0.1) is 0 Å². The lowest BCUT2D eigenvalue weighted by atomic mass is 10.1. The highest BCUT2D eigenvalue weighted by Gasteiger charge is 2.19. The molecule has 0 aromatic heterocycles. The molecule has 0 saturated heterocycles. The molecule has 0 heterocycles. The molecule has 1 saturated carbocycles. The van der Waals surface area contributed by atoms with E-state index in [1.54, 1.807) is 7.11 Å². The average Bonchev–Trinajstić information content (AvgIpc) is 3.09. The summed E-state index contributed by atoms with van der Waals surface area (Å²) in [6, 6.07) is 13.0. The van der Waals surface area contributed by atoms with E-state index in [1.807, 2.05) is 49.4 Å². The van der Waals surface area contributed by atoms with E-state index in [0.717, 1.165) is 18.4 Å². The summed E-state index contributed by atoms with van der Waals surface area (Å²) in [7, 11) is 1.63. The lowest BCUT2D eigenvalue weighted by Crippen LogP contribution is -2.14. The molecule has 4 heteroatoms. The van der Waals surface area contributed by atoms with Crippen LogP contribution in [0.15, 0.2) is 42.5 Å². The first-order chi connectivity index (χ1) is 11.7. The van der Waals surface area contributed by atoms with Crippen LogP contribution in [0, 0.1) is 6.92 Å². The van der Waals surface area contributed by atoms with Gasteiger partial charge in [0.1, 0.15) is 0 Å². The Bertz CT molecular complexity index is 703. The normalized spacial score (nSPS) is 14.4. The SMILES string of the molecule is COc1ccc(NC(=O)c2ccc(C)cc2)cc1OC1CCCC1. The molecule has 1 aliphatic carbocycles. The van der Waals surface area contributed by atoms with Crippen molar-refractivity contribution in [2.24, 2.45) is 0 Å². The number of rotatable bonds is 5. The van der Waals surface area contributed by atoms with Crippen molar-refractivity contribution < 1.29 is 14.3 Å². The van der Waals surface area contributed by atoms with Gasteiger partial charge in [-0.2, -0.15) is 0 Å². The van der Waals surface area contributed by atoms with Gasteiger partial charge in [0.2, 0.25) is 0 Å². The Hall–Kier alpha value is -2.49. The summed E-state index contributed by atoms with van der Waals surface area (Å²) in [6.45, 7) is 2.00. The van der Waals surface area contributed by atoms with Gasteiger partial charge in [-0.1, -0.05) is 17.7 Å². The Balaban J connectivity index is 1.75. The molecule has 126 valence electrons. The summed E-state index contributed by atoms with van der Waals surface area (Å²) >= 11 is 0. The van der Waals surface area contributed by atoms with E-state index < -0.39 is 0 Å². The average molecular weight is 325 g/mol. The first-order valence-electron chi connectivity index (χ1n) is 8.38. The molecule has 4 nitrogen and oxygen atoms in total. The van der Waals surface area contributed by atoms with Crippen LogP contribution in [-0.2, 0) is 0 Å². The second kappa shape index (κ2) is 7.39. The van der Waals surface area contributed by atoms with Crippen molar-refractivity contribution in [2.45, 2.75) is 38.7 Å². The van der Waals surface area contributed by atoms with Gasteiger partial charge in [-0.25, -0.2) is 0 Å². The number of ether oxygens (including phenoxy) is 2. The molecule has 0 radical (unpaired) electrons. The number of benzene rings is 2. The number of anilines is 1. The zero-order valence-corrected chi connectivity index (χ0v) is 14.2. The van der Waals surface area contributed by atoms with Crippen molar-refractivity contribution in [1.29, 1.82) is 0 Å². The van der Waals surface area contributed by atoms with Crippen molar-refractivity contribution in [3.63, 3.8) is 0 Å². The predicted molar refractivity (Wildman–Crippen MR) is 95.0 cm³/mol. The quantitative estimate of drug-likeness (QED) is 0.875. The molecule has 0 spiro atoms. The highest BCUT2D eigenvalue weighted by atomic mass is 16.5. The number of aryl methyl sites for hydroxylation is 1. The van der Waals surface area contributed by atoms with Crippen LogP contribution in [0.25, 0.3) is 0 Å². The van der Waals surface area contributed by atoms with Gasteiger partial charge < -0.3 is 14.8 Å². The third-order valence-electron chi connectivity index (χ3n) is 4.33. The fourth-order valence-corrected chi connectivity index (χ4v) is 2.94. The smallest absolute Gasteiger partial charge is 0.255 e. The van der Waals surface area contributed by atoms with Gasteiger partial charge in [-0.05, 0) is 56.9 Å². The second-order valence-corrected chi connectivity index (χ2v) is 6.21. The van der Waals surface area contributed by atoms with Gasteiger partial charge >= 0.3 is 0 Å². The number of nitrogens with one attached hydrogen (secondary N) is 1. The van der Waals surface area contributed by atoms with Gasteiger partial charge in [0.15, 0.2) is 11.5 Å². The Morgan fingerprint density at radius 3 is 2.42 bits per heavy atom. The summed E-state index contributed by atoms with van der Waals surface area (Å²) in [5, 5.41) is 2.92. The standard InChI is InChI=1S/C20H23NO3/c1-14-7-9-15(10-8-14)20(22)21-16-11-12-18(23-2)19(13-16)24-17-5-3-4-6-17/h7-13,17H,3-6H2,1-2H3,(H,21,22). The minimum Gasteiger partial charge on any atom is -0.493 e. The maximum absolute atomic E-state index is 12.4. The fraction of sp³-hybridized carbons (Fsp3) is 0.350. The molecule has 0 unspecified atom stereocenters. The maximum Gasteiger partial charge on any atom is 0.255 e. The van der Waals surface area contributed by atoms with E-state index in [0.29, 0.717) is 22.7 Å². The van der Waals surface area contributed by atoms with Crippen molar-refractivity contribution in [3.05, 3.63) is 53.6 Å². The molecule has 24 heavy (non-hydrogen) atoms. The van der Waals surface area contributed by atoms with E-state index in [4.69, 9.17) is 9.47 Å². The summed E-state index contributed by atoms with van der Waals surface area (Å²) in [6.07, 6.45) is 4.79. The van der Waals surface area contributed by atoms with Crippen LogP contribution in [0.5, 0.6) is 11.5 Å². The van der Waals surface area contributed by atoms with Gasteiger partial charge in [0.25, 0.3) is 5.91 Å². The highest BCUT2D eigenvalue weighted by molar-refractivity contribution is 6.04. The Morgan fingerprint density at radius 1 is 1.04 bits per heavy atom.